The molecule has 0 unspecified atom stereocenters. The zero-order valence-corrected chi connectivity index (χ0v) is 19.3. The van der Waals surface area contributed by atoms with Gasteiger partial charge >= 0.3 is 6.03 Å². The first-order valence-corrected chi connectivity index (χ1v) is 11.4. The van der Waals surface area contributed by atoms with E-state index in [0.29, 0.717) is 24.6 Å². The van der Waals surface area contributed by atoms with Crippen molar-refractivity contribution in [3.8, 4) is 11.1 Å². The zero-order chi connectivity index (χ0) is 25.3. The van der Waals surface area contributed by atoms with Crippen LogP contribution in [0.4, 0.5) is 19.3 Å². The molecule has 0 aliphatic rings. The SMILES string of the molecule is O=C(NCc1ccccc1-c1ccccc1C(=O)NCCc1ccccn1)Nc1ccc(F)cc1F. The van der Waals surface area contributed by atoms with Crippen LogP contribution in [-0.2, 0) is 13.0 Å². The van der Waals surface area contributed by atoms with Crippen molar-refractivity contribution in [2.24, 2.45) is 0 Å². The molecule has 3 aromatic carbocycles. The second-order valence-corrected chi connectivity index (χ2v) is 7.96. The number of nitrogens with one attached hydrogen (secondary N) is 3. The van der Waals surface area contributed by atoms with Gasteiger partial charge in [0.15, 0.2) is 0 Å². The molecule has 0 aliphatic carbocycles. The number of amides is 3. The van der Waals surface area contributed by atoms with E-state index in [2.05, 4.69) is 20.9 Å². The molecule has 0 fully saturated rings. The first-order valence-electron chi connectivity index (χ1n) is 11.4. The van der Waals surface area contributed by atoms with Crippen molar-refractivity contribution in [2.75, 3.05) is 11.9 Å². The van der Waals surface area contributed by atoms with Crippen LogP contribution in [0.2, 0.25) is 0 Å². The van der Waals surface area contributed by atoms with Crippen molar-refractivity contribution < 1.29 is 18.4 Å². The fourth-order valence-corrected chi connectivity index (χ4v) is 3.73. The molecule has 0 saturated heterocycles. The van der Waals surface area contributed by atoms with Gasteiger partial charge in [-0.15, -0.1) is 0 Å². The number of hydrogen-bond donors (Lipinski definition) is 3. The summed E-state index contributed by atoms with van der Waals surface area (Å²) in [5, 5.41) is 8.00. The summed E-state index contributed by atoms with van der Waals surface area (Å²) in [6.07, 6.45) is 2.33. The van der Waals surface area contributed by atoms with Gasteiger partial charge in [-0.25, -0.2) is 13.6 Å². The Morgan fingerprint density at radius 2 is 1.56 bits per heavy atom. The van der Waals surface area contributed by atoms with Gasteiger partial charge in [0, 0.05) is 43.0 Å². The fraction of sp³-hybridized carbons (Fsp3) is 0.107. The summed E-state index contributed by atoms with van der Waals surface area (Å²) >= 11 is 0. The number of carbonyl (C=O) groups is 2. The largest absolute Gasteiger partial charge is 0.352 e. The normalized spacial score (nSPS) is 10.5. The molecule has 6 nitrogen and oxygen atoms in total. The van der Waals surface area contributed by atoms with Gasteiger partial charge < -0.3 is 16.0 Å². The maximum absolute atomic E-state index is 13.8. The minimum Gasteiger partial charge on any atom is -0.352 e. The number of urea groups is 1. The Morgan fingerprint density at radius 3 is 2.33 bits per heavy atom. The zero-order valence-electron chi connectivity index (χ0n) is 19.3. The molecular weight excluding hydrogens is 462 g/mol. The van der Waals surface area contributed by atoms with Gasteiger partial charge in [-0.3, -0.25) is 9.78 Å². The van der Waals surface area contributed by atoms with E-state index in [1.165, 1.54) is 0 Å². The molecule has 0 saturated carbocycles. The van der Waals surface area contributed by atoms with Gasteiger partial charge in [0.2, 0.25) is 0 Å². The highest BCUT2D eigenvalue weighted by atomic mass is 19.1. The lowest BCUT2D eigenvalue weighted by atomic mass is 9.95. The Morgan fingerprint density at radius 1 is 0.806 bits per heavy atom. The quantitative estimate of drug-likeness (QED) is 0.315. The number of anilines is 1. The van der Waals surface area contributed by atoms with Crippen LogP contribution >= 0.6 is 0 Å². The highest BCUT2D eigenvalue weighted by Gasteiger charge is 2.15. The predicted octanol–water partition coefficient (Wildman–Crippen LogP) is 5.32. The summed E-state index contributed by atoms with van der Waals surface area (Å²) in [6.45, 7) is 0.563. The number of hydrogen-bond acceptors (Lipinski definition) is 3. The minimum absolute atomic E-state index is 0.125. The number of nitrogens with zero attached hydrogens (tertiary/aromatic N) is 1. The van der Waals surface area contributed by atoms with Crippen LogP contribution < -0.4 is 16.0 Å². The Kier molecular flexibility index (Phi) is 7.97. The van der Waals surface area contributed by atoms with Crippen molar-refractivity contribution in [3.63, 3.8) is 0 Å². The van der Waals surface area contributed by atoms with Gasteiger partial charge in [0.05, 0.1) is 5.69 Å². The molecule has 4 aromatic rings. The second-order valence-electron chi connectivity index (χ2n) is 7.96. The number of rotatable bonds is 8. The monoisotopic (exact) mass is 486 g/mol. The number of carbonyl (C=O) groups excluding carboxylic acids is 2. The average molecular weight is 487 g/mol. The van der Waals surface area contributed by atoms with Crippen molar-refractivity contribution >= 4 is 17.6 Å². The van der Waals surface area contributed by atoms with E-state index in [1.54, 1.807) is 18.3 Å². The molecule has 3 amide bonds. The molecule has 1 heterocycles. The highest BCUT2D eigenvalue weighted by molar-refractivity contribution is 6.01. The fourth-order valence-electron chi connectivity index (χ4n) is 3.73. The lowest BCUT2D eigenvalue weighted by molar-refractivity contribution is 0.0954. The van der Waals surface area contributed by atoms with E-state index in [1.807, 2.05) is 54.6 Å². The average Bonchev–Trinajstić information content (AvgIpc) is 2.90. The van der Waals surface area contributed by atoms with Crippen molar-refractivity contribution in [3.05, 3.63) is 120 Å². The van der Waals surface area contributed by atoms with E-state index in [-0.39, 0.29) is 18.1 Å². The van der Waals surface area contributed by atoms with Crippen molar-refractivity contribution in [1.82, 2.24) is 15.6 Å². The van der Waals surface area contributed by atoms with Crippen LogP contribution in [-0.4, -0.2) is 23.5 Å². The lowest BCUT2D eigenvalue weighted by Gasteiger charge is -2.15. The lowest BCUT2D eigenvalue weighted by Crippen LogP contribution is -2.29. The molecule has 8 heteroatoms. The molecule has 1 aromatic heterocycles. The molecule has 0 radical (unpaired) electrons. The Balaban J connectivity index is 1.45. The molecule has 182 valence electrons. The van der Waals surface area contributed by atoms with Crippen LogP contribution in [0.3, 0.4) is 0 Å². The summed E-state index contributed by atoms with van der Waals surface area (Å²) in [6, 6.07) is 22.5. The number of halogens is 2. The maximum Gasteiger partial charge on any atom is 0.319 e. The van der Waals surface area contributed by atoms with E-state index < -0.39 is 17.7 Å². The molecule has 0 spiro atoms. The predicted molar refractivity (Wildman–Crippen MR) is 134 cm³/mol. The van der Waals surface area contributed by atoms with Gasteiger partial charge in [-0.1, -0.05) is 48.5 Å². The molecular formula is C28H24F2N4O2. The molecule has 3 N–H and O–H groups in total. The molecule has 4 rings (SSSR count). The van der Waals surface area contributed by atoms with Crippen molar-refractivity contribution in [2.45, 2.75) is 13.0 Å². The first-order chi connectivity index (χ1) is 17.5. The number of benzene rings is 3. The van der Waals surface area contributed by atoms with E-state index in [9.17, 15) is 18.4 Å². The Labute approximate surface area is 207 Å². The Hall–Kier alpha value is -4.59. The second kappa shape index (κ2) is 11.7. The summed E-state index contributed by atoms with van der Waals surface area (Å²) in [4.78, 5) is 29.6. The van der Waals surface area contributed by atoms with E-state index >= 15 is 0 Å². The molecule has 0 bridgehead atoms. The number of aromatic nitrogens is 1. The van der Waals surface area contributed by atoms with Crippen LogP contribution in [0.25, 0.3) is 11.1 Å². The third kappa shape index (κ3) is 6.29. The topological polar surface area (TPSA) is 83.1 Å². The highest BCUT2D eigenvalue weighted by Crippen LogP contribution is 2.27. The first kappa shape index (κ1) is 24.5. The maximum atomic E-state index is 13.8. The van der Waals surface area contributed by atoms with Crippen LogP contribution in [0, 0.1) is 11.6 Å². The van der Waals surface area contributed by atoms with E-state index in [0.717, 1.165) is 34.5 Å². The standard InChI is InChI=1S/C28H24F2N4O2/c29-20-12-13-26(25(30)17-20)34-28(36)33-18-19-7-1-2-9-22(19)23-10-3-4-11-24(23)27(35)32-16-14-21-8-5-6-15-31-21/h1-13,15,17H,14,16,18H2,(H,32,35)(H2,33,34,36). The van der Waals surface area contributed by atoms with Crippen LogP contribution in [0.1, 0.15) is 21.6 Å². The number of pyridine rings is 1. The molecule has 0 aliphatic heterocycles. The Bertz CT molecular complexity index is 1360. The van der Waals surface area contributed by atoms with Gasteiger partial charge in [0.25, 0.3) is 5.91 Å². The van der Waals surface area contributed by atoms with Crippen LogP contribution in [0.5, 0.6) is 0 Å². The third-order valence-corrected chi connectivity index (χ3v) is 5.49. The summed E-state index contributed by atoms with van der Waals surface area (Å²) in [5.74, 6) is -1.81. The van der Waals surface area contributed by atoms with Crippen molar-refractivity contribution in [1.29, 1.82) is 0 Å². The summed E-state index contributed by atoms with van der Waals surface area (Å²) in [5.41, 5.74) is 3.53. The smallest absolute Gasteiger partial charge is 0.319 e. The summed E-state index contributed by atoms with van der Waals surface area (Å²) in [7, 11) is 0. The summed E-state index contributed by atoms with van der Waals surface area (Å²) < 4.78 is 26.9. The molecule has 0 atom stereocenters. The van der Waals surface area contributed by atoms with Gasteiger partial charge in [0.1, 0.15) is 11.6 Å². The molecule has 36 heavy (non-hydrogen) atoms. The van der Waals surface area contributed by atoms with Gasteiger partial charge in [-0.2, -0.15) is 0 Å². The minimum atomic E-state index is -0.867. The third-order valence-electron chi connectivity index (χ3n) is 5.49. The van der Waals surface area contributed by atoms with E-state index in [4.69, 9.17) is 0 Å². The van der Waals surface area contributed by atoms with Gasteiger partial charge in [-0.05, 0) is 47.0 Å². The van der Waals surface area contributed by atoms with Crippen LogP contribution in [0.15, 0.2) is 91.1 Å².